The zero-order valence-corrected chi connectivity index (χ0v) is 24.2. The van der Waals surface area contributed by atoms with Crippen LogP contribution < -0.4 is 0 Å². The SMILES string of the molecule is CCN(CC(C)C(=O)CCC[Si](OC)(OC)OC)CC(C)C(=O)CCC[Si](OC)(OC)OC. The van der Waals surface area contributed by atoms with E-state index in [0.717, 1.165) is 6.54 Å². The van der Waals surface area contributed by atoms with Crippen LogP contribution in [0.25, 0.3) is 0 Å². The van der Waals surface area contributed by atoms with Gasteiger partial charge in [0, 0.05) is 92.5 Å². The molecule has 0 aliphatic carbocycles. The molecule has 0 amide bonds. The van der Waals surface area contributed by atoms with Gasteiger partial charge in [0.1, 0.15) is 11.6 Å². The first kappa shape index (κ1) is 32.5. The number of hydrogen-bond donors (Lipinski definition) is 0. The third kappa shape index (κ3) is 11.2. The van der Waals surface area contributed by atoms with E-state index >= 15 is 0 Å². The van der Waals surface area contributed by atoms with Crippen molar-refractivity contribution < 1.29 is 36.1 Å². The van der Waals surface area contributed by atoms with Gasteiger partial charge in [0.05, 0.1) is 0 Å². The fourth-order valence-corrected chi connectivity index (χ4v) is 7.32. The minimum atomic E-state index is -2.64. The maximum atomic E-state index is 12.7. The summed E-state index contributed by atoms with van der Waals surface area (Å²) in [7, 11) is 4.19. The molecule has 0 saturated carbocycles. The zero-order chi connectivity index (χ0) is 25.5. The predicted molar refractivity (Wildman–Crippen MR) is 132 cm³/mol. The first-order valence-electron chi connectivity index (χ1n) is 11.7. The molecular weight excluding hydrogens is 462 g/mol. The summed E-state index contributed by atoms with van der Waals surface area (Å²) < 4.78 is 32.5. The van der Waals surface area contributed by atoms with Crippen LogP contribution in [0.4, 0.5) is 0 Å². The van der Waals surface area contributed by atoms with Crippen LogP contribution in [0.5, 0.6) is 0 Å². The van der Waals surface area contributed by atoms with E-state index in [1.165, 1.54) is 0 Å². The molecule has 9 nitrogen and oxygen atoms in total. The molecule has 0 saturated heterocycles. The highest BCUT2D eigenvalue weighted by Gasteiger charge is 2.38. The first-order valence-corrected chi connectivity index (χ1v) is 15.6. The summed E-state index contributed by atoms with van der Waals surface area (Å²) in [6.45, 7) is 8.03. The van der Waals surface area contributed by atoms with Crippen LogP contribution in [0.15, 0.2) is 0 Å². The Balaban J connectivity index is 4.55. The third-order valence-electron chi connectivity index (χ3n) is 6.29. The van der Waals surface area contributed by atoms with E-state index in [2.05, 4.69) is 11.8 Å². The second-order valence-electron chi connectivity index (χ2n) is 8.38. The summed E-state index contributed by atoms with van der Waals surface area (Å²) >= 11 is 0. The molecule has 0 aliphatic heterocycles. The predicted octanol–water partition coefficient (Wildman–Crippen LogP) is 3.04. The molecule has 0 rings (SSSR count). The summed E-state index contributed by atoms with van der Waals surface area (Å²) in [5.41, 5.74) is 0. The molecule has 2 atom stereocenters. The van der Waals surface area contributed by atoms with Crippen molar-refractivity contribution in [1.29, 1.82) is 0 Å². The van der Waals surface area contributed by atoms with Crippen LogP contribution in [-0.4, -0.2) is 96.4 Å². The number of ketones is 2. The monoisotopic (exact) mass is 509 g/mol. The van der Waals surface area contributed by atoms with Crippen LogP contribution in [0.3, 0.4) is 0 Å². The number of rotatable bonds is 21. The Morgan fingerprint density at radius 1 is 0.667 bits per heavy atom. The van der Waals surface area contributed by atoms with E-state index in [4.69, 9.17) is 26.6 Å². The Morgan fingerprint density at radius 3 is 1.21 bits per heavy atom. The highest BCUT2D eigenvalue weighted by molar-refractivity contribution is 6.60. The Labute approximate surface area is 203 Å². The molecule has 33 heavy (non-hydrogen) atoms. The smallest absolute Gasteiger partial charge is 0.377 e. The average Bonchev–Trinajstić information content (AvgIpc) is 2.84. The van der Waals surface area contributed by atoms with Gasteiger partial charge in [-0.15, -0.1) is 0 Å². The van der Waals surface area contributed by atoms with Crippen molar-refractivity contribution >= 4 is 29.2 Å². The molecule has 11 heteroatoms. The average molecular weight is 510 g/mol. The summed E-state index contributed by atoms with van der Waals surface area (Å²) in [4.78, 5) is 27.5. The van der Waals surface area contributed by atoms with Crippen molar-refractivity contribution in [2.45, 2.75) is 58.5 Å². The van der Waals surface area contributed by atoms with Crippen LogP contribution in [0, 0.1) is 11.8 Å². The Morgan fingerprint density at radius 2 is 0.970 bits per heavy atom. The highest BCUT2D eigenvalue weighted by Crippen LogP contribution is 2.20. The van der Waals surface area contributed by atoms with Crippen LogP contribution in [0.2, 0.25) is 12.1 Å². The van der Waals surface area contributed by atoms with Crippen LogP contribution in [0.1, 0.15) is 46.5 Å². The number of nitrogens with zero attached hydrogens (tertiary/aromatic N) is 1. The first-order chi connectivity index (χ1) is 15.6. The minimum Gasteiger partial charge on any atom is -0.377 e. The zero-order valence-electron chi connectivity index (χ0n) is 22.2. The van der Waals surface area contributed by atoms with Gasteiger partial charge in [0.15, 0.2) is 0 Å². The quantitative estimate of drug-likeness (QED) is 0.216. The topological polar surface area (TPSA) is 92.8 Å². The normalized spacial score (nSPS) is 14.5. The molecule has 0 aromatic heterocycles. The lowest BCUT2D eigenvalue weighted by molar-refractivity contribution is -0.123. The highest BCUT2D eigenvalue weighted by atomic mass is 28.4. The van der Waals surface area contributed by atoms with E-state index < -0.39 is 17.6 Å². The van der Waals surface area contributed by atoms with Gasteiger partial charge < -0.3 is 31.5 Å². The summed E-state index contributed by atoms with van der Waals surface area (Å²) in [6, 6.07) is 1.22. The van der Waals surface area contributed by atoms with Gasteiger partial charge in [-0.25, -0.2) is 0 Å². The maximum Gasteiger partial charge on any atom is 0.500 e. The second-order valence-corrected chi connectivity index (χ2v) is 14.6. The van der Waals surface area contributed by atoms with E-state index in [-0.39, 0.29) is 23.4 Å². The largest absolute Gasteiger partial charge is 0.500 e. The standard InChI is InChI=1S/C22H47NO8Si2/c1-10-23(17-19(2)21(24)13-11-15-32(26-4,27-5)28-6)18-20(3)22(25)14-12-16-33(29-7,30-8)31-9/h19-20H,10-18H2,1-9H3. The number of carbonyl (C=O) groups excluding carboxylic acids is 2. The molecule has 0 N–H and O–H groups in total. The fraction of sp³-hybridized carbons (Fsp3) is 0.909. The molecule has 0 spiro atoms. The van der Waals surface area contributed by atoms with Gasteiger partial charge in [-0.1, -0.05) is 20.8 Å². The maximum absolute atomic E-state index is 12.7. The molecule has 0 aromatic rings. The Hall–Kier alpha value is -0.506. The molecular formula is C22H47NO8Si2. The lowest BCUT2D eigenvalue weighted by Crippen LogP contribution is -2.43. The summed E-state index contributed by atoms with van der Waals surface area (Å²) in [5.74, 6) is 0.206. The van der Waals surface area contributed by atoms with Crippen molar-refractivity contribution in [3.05, 3.63) is 0 Å². The number of carbonyl (C=O) groups is 2. The van der Waals surface area contributed by atoms with Crippen LogP contribution in [-0.2, 0) is 36.1 Å². The third-order valence-corrected chi connectivity index (χ3v) is 12.0. The van der Waals surface area contributed by atoms with E-state index in [1.54, 1.807) is 42.7 Å². The van der Waals surface area contributed by atoms with Crippen molar-refractivity contribution in [3.8, 4) is 0 Å². The summed E-state index contributed by atoms with van der Waals surface area (Å²) in [6.07, 6.45) is 2.26. The van der Waals surface area contributed by atoms with E-state index in [1.807, 2.05) is 13.8 Å². The molecule has 0 aliphatic rings. The van der Waals surface area contributed by atoms with Gasteiger partial charge in [0.2, 0.25) is 0 Å². The summed E-state index contributed by atoms with van der Waals surface area (Å²) in [5, 5.41) is 0. The molecule has 0 heterocycles. The Kier molecular flexibility index (Phi) is 16.7. The van der Waals surface area contributed by atoms with Crippen LogP contribution >= 0.6 is 0 Å². The Bertz CT molecular complexity index is 496. The lowest BCUT2D eigenvalue weighted by Gasteiger charge is -2.27. The fourth-order valence-electron chi connectivity index (χ4n) is 3.87. The molecule has 0 bridgehead atoms. The second kappa shape index (κ2) is 17.0. The lowest BCUT2D eigenvalue weighted by atomic mass is 9.99. The van der Waals surface area contributed by atoms with E-state index in [9.17, 15) is 9.59 Å². The van der Waals surface area contributed by atoms with Gasteiger partial charge in [-0.3, -0.25) is 9.59 Å². The minimum absolute atomic E-state index is 0.104. The van der Waals surface area contributed by atoms with Gasteiger partial charge in [0.25, 0.3) is 0 Å². The van der Waals surface area contributed by atoms with Gasteiger partial charge >= 0.3 is 17.6 Å². The van der Waals surface area contributed by atoms with Gasteiger partial charge in [-0.05, 0) is 19.4 Å². The van der Waals surface area contributed by atoms with Crippen molar-refractivity contribution in [3.63, 3.8) is 0 Å². The molecule has 0 radical (unpaired) electrons. The molecule has 196 valence electrons. The van der Waals surface area contributed by atoms with Crippen molar-refractivity contribution in [2.75, 3.05) is 62.3 Å². The molecule has 0 aromatic carbocycles. The van der Waals surface area contributed by atoms with E-state index in [0.29, 0.717) is 50.9 Å². The number of hydrogen-bond acceptors (Lipinski definition) is 9. The van der Waals surface area contributed by atoms with Gasteiger partial charge in [-0.2, -0.15) is 0 Å². The molecule has 0 fully saturated rings. The van der Waals surface area contributed by atoms with Crippen molar-refractivity contribution in [2.24, 2.45) is 11.8 Å². The molecule has 2 unspecified atom stereocenters. The van der Waals surface area contributed by atoms with Crippen molar-refractivity contribution in [1.82, 2.24) is 4.90 Å². The number of Topliss-reactive ketones (excluding diaryl/α,β-unsaturated/α-hetero) is 2.